The molecule has 1 unspecified atom stereocenters. The third kappa shape index (κ3) is 61.6. The topological polar surface area (TPSA) is 78.9 Å². The lowest BCUT2D eigenvalue weighted by Gasteiger charge is -2.18. The lowest BCUT2D eigenvalue weighted by molar-refractivity contribution is -0.167. The molecule has 0 aromatic heterocycles. The Balaban J connectivity index is 4.24. The third-order valence-electron chi connectivity index (χ3n) is 14.2. The first-order valence-electron chi connectivity index (χ1n) is 32.4. The van der Waals surface area contributed by atoms with E-state index < -0.39 is 6.10 Å². The lowest BCUT2D eigenvalue weighted by atomic mass is 10.0. The van der Waals surface area contributed by atoms with E-state index >= 15 is 0 Å². The Morgan fingerprint density at radius 1 is 0.280 bits per heavy atom. The zero-order valence-electron chi connectivity index (χ0n) is 49.8. The Labute approximate surface area is 465 Å². The van der Waals surface area contributed by atoms with E-state index in [1.807, 2.05) is 0 Å². The molecule has 75 heavy (non-hydrogen) atoms. The molecule has 6 heteroatoms. The first-order chi connectivity index (χ1) is 37.0. The maximum absolute atomic E-state index is 12.9. The molecule has 0 N–H and O–H groups in total. The third-order valence-corrected chi connectivity index (χ3v) is 14.2. The molecule has 0 fully saturated rings. The van der Waals surface area contributed by atoms with Crippen molar-refractivity contribution in [3.63, 3.8) is 0 Å². The molecule has 0 heterocycles. The van der Waals surface area contributed by atoms with Crippen LogP contribution in [0.5, 0.6) is 0 Å². The summed E-state index contributed by atoms with van der Waals surface area (Å²) in [6.07, 6.45) is 81.9. The van der Waals surface area contributed by atoms with Gasteiger partial charge in [0.05, 0.1) is 0 Å². The van der Waals surface area contributed by atoms with E-state index in [-0.39, 0.29) is 31.1 Å². The molecule has 0 rings (SSSR count). The van der Waals surface area contributed by atoms with E-state index in [9.17, 15) is 14.4 Å². The number of unbranched alkanes of at least 4 members (excludes halogenated alkanes) is 36. The standard InChI is InChI=1S/C69H122O6/c1-4-7-10-13-16-19-22-25-28-29-30-31-32-33-34-35-36-37-38-39-40-41-42-45-47-50-53-56-59-62-68(71)74-65-66(75-69(72)63-60-57-54-51-48-44-27-24-21-18-15-12-9-6-3)64-73-67(70)61-58-55-52-49-46-43-26-23-20-17-14-11-8-5-2/h7,10,16,19,25,28,30-31,33-34,36-37,66H,4-6,8-9,11-15,17-18,20-24,26-27,29,32,35,38-65H2,1-3H3/b10-7-,19-16-,28-25-,31-30-,34-33-,37-36-. The zero-order chi connectivity index (χ0) is 54.3. The van der Waals surface area contributed by atoms with E-state index in [2.05, 4.69) is 93.7 Å². The predicted octanol–water partition coefficient (Wildman–Crippen LogP) is 22.1. The van der Waals surface area contributed by atoms with Crippen LogP contribution in [0.1, 0.15) is 329 Å². The van der Waals surface area contributed by atoms with Gasteiger partial charge in [0.2, 0.25) is 0 Å². The Kier molecular flexibility index (Phi) is 60.7. The SMILES string of the molecule is CC/C=C\C/C=C\C/C=C\C/C=C\C/C=C\C/C=C\CCCCCCCCCCCCC(=O)OCC(COC(=O)CCCCCCCCCCCCCCCC)OC(=O)CCCCCCCCCCCCCCCC. The second-order valence-corrected chi connectivity index (χ2v) is 21.7. The first kappa shape index (κ1) is 71.8. The number of carbonyl (C=O) groups excluding carboxylic acids is 3. The molecule has 0 amide bonds. The summed E-state index contributed by atoms with van der Waals surface area (Å²) in [6, 6.07) is 0. The number of carbonyl (C=O) groups is 3. The average molecular weight is 1050 g/mol. The Morgan fingerprint density at radius 3 is 0.813 bits per heavy atom. The molecule has 0 radical (unpaired) electrons. The summed E-state index contributed by atoms with van der Waals surface area (Å²) < 4.78 is 16.9. The largest absolute Gasteiger partial charge is 0.462 e. The van der Waals surface area contributed by atoms with E-state index in [1.165, 1.54) is 193 Å². The zero-order valence-corrected chi connectivity index (χ0v) is 49.8. The van der Waals surface area contributed by atoms with Gasteiger partial charge in [-0.25, -0.2) is 0 Å². The highest BCUT2D eigenvalue weighted by atomic mass is 16.6. The van der Waals surface area contributed by atoms with Crippen LogP contribution >= 0.6 is 0 Å². The predicted molar refractivity (Wildman–Crippen MR) is 325 cm³/mol. The summed E-state index contributed by atoms with van der Waals surface area (Å²) in [7, 11) is 0. The van der Waals surface area contributed by atoms with Crippen LogP contribution in [0.4, 0.5) is 0 Å². The molecule has 1 atom stereocenters. The smallest absolute Gasteiger partial charge is 0.306 e. The van der Waals surface area contributed by atoms with E-state index in [4.69, 9.17) is 14.2 Å². The molecule has 0 aliphatic carbocycles. The van der Waals surface area contributed by atoms with E-state index in [0.29, 0.717) is 19.3 Å². The van der Waals surface area contributed by atoms with Crippen LogP contribution in [-0.4, -0.2) is 37.2 Å². The highest BCUT2D eigenvalue weighted by Gasteiger charge is 2.19. The van der Waals surface area contributed by atoms with Gasteiger partial charge in [-0.2, -0.15) is 0 Å². The minimum atomic E-state index is -0.773. The number of ether oxygens (including phenoxy) is 3. The van der Waals surface area contributed by atoms with Crippen molar-refractivity contribution in [2.45, 2.75) is 335 Å². The average Bonchev–Trinajstić information content (AvgIpc) is 3.41. The molecule has 0 aliphatic heterocycles. The highest BCUT2D eigenvalue weighted by Crippen LogP contribution is 2.17. The van der Waals surface area contributed by atoms with Crippen LogP contribution in [0.3, 0.4) is 0 Å². The summed E-state index contributed by atoms with van der Waals surface area (Å²) in [6.45, 7) is 6.57. The Morgan fingerprint density at radius 2 is 0.520 bits per heavy atom. The number of hydrogen-bond donors (Lipinski definition) is 0. The van der Waals surface area contributed by atoms with Gasteiger partial charge in [-0.05, 0) is 70.6 Å². The Bertz CT molecular complexity index is 1390. The summed E-state index contributed by atoms with van der Waals surface area (Å²) in [5.41, 5.74) is 0. The van der Waals surface area contributed by atoms with Crippen molar-refractivity contribution >= 4 is 17.9 Å². The maximum atomic E-state index is 12.9. The first-order valence-corrected chi connectivity index (χ1v) is 32.4. The van der Waals surface area contributed by atoms with Gasteiger partial charge in [-0.3, -0.25) is 14.4 Å². The molecule has 0 bridgehead atoms. The van der Waals surface area contributed by atoms with Crippen LogP contribution in [0.2, 0.25) is 0 Å². The van der Waals surface area contributed by atoms with E-state index in [1.54, 1.807) is 0 Å². The van der Waals surface area contributed by atoms with Crippen molar-refractivity contribution in [1.82, 2.24) is 0 Å². The van der Waals surface area contributed by atoms with Gasteiger partial charge < -0.3 is 14.2 Å². The summed E-state index contributed by atoms with van der Waals surface area (Å²) in [4.78, 5) is 38.3. The monoisotopic (exact) mass is 1050 g/mol. The Hall–Kier alpha value is -3.15. The highest BCUT2D eigenvalue weighted by molar-refractivity contribution is 5.71. The van der Waals surface area contributed by atoms with Gasteiger partial charge in [-0.15, -0.1) is 0 Å². The quantitative estimate of drug-likeness (QED) is 0.0261. The lowest BCUT2D eigenvalue weighted by Crippen LogP contribution is -2.30. The number of esters is 3. The molecule has 0 aromatic carbocycles. The second-order valence-electron chi connectivity index (χ2n) is 21.7. The summed E-state index contributed by atoms with van der Waals surface area (Å²) >= 11 is 0. The van der Waals surface area contributed by atoms with Gasteiger partial charge in [0.15, 0.2) is 6.10 Å². The van der Waals surface area contributed by atoms with Crippen molar-refractivity contribution in [3.8, 4) is 0 Å². The summed E-state index contributed by atoms with van der Waals surface area (Å²) in [5.74, 6) is -0.857. The normalized spacial score (nSPS) is 12.5. The van der Waals surface area contributed by atoms with Crippen molar-refractivity contribution in [1.29, 1.82) is 0 Å². The van der Waals surface area contributed by atoms with Gasteiger partial charge >= 0.3 is 17.9 Å². The van der Waals surface area contributed by atoms with Gasteiger partial charge in [0.25, 0.3) is 0 Å². The molecule has 0 saturated carbocycles. The molecule has 0 aliphatic rings. The molecule has 434 valence electrons. The molecule has 0 saturated heterocycles. The van der Waals surface area contributed by atoms with Crippen LogP contribution < -0.4 is 0 Å². The fourth-order valence-electron chi connectivity index (χ4n) is 9.39. The van der Waals surface area contributed by atoms with Crippen LogP contribution in [0.25, 0.3) is 0 Å². The molecular weight excluding hydrogens is 925 g/mol. The number of allylic oxidation sites excluding steroid dienone is 12. The molecule has 0 aromatic rings. The maximum Gasteiger partial charge on any atom is 0.306 e. The van der Waals surface area contributed by atoms with Crippen molar-refractivity contribution < 1.29 is 28.6 Å². The van der Waals surface area contributed by atoms with Crippen molar-refractivity contribution in [2.24, 2.45) is 0 Å². The van der Waals surface area contributed by atoms with Gasteiger partial charge in [0, 0.05) is 19.3 Å². The molecule has 0 spiro atoms. The fraction of sp³-hybridized carbons (Fsp3) is 0.783. The van der Waals surface area contributed by atoms with Crippen molar-refractivity contribution in [2.75, 3.05) is 13.2 Å². The summed E-state index contributed by atoms with van der Waals surface area (Å²) in [5, 5.41) is 0. The minimum Gasteiger partial charge on any atom is -0.462 e. The van der Waals surface area contributed by atoms with Crippen LogP contribution in [0.15, 0.2) is 72.9 Å². The minimum absolute atomic E-state index is 0.0708. The molecule has 6 nitrogen and oxygen atoms in total. The number of rotatable bonds is 59. The number of hydrogen-bond acceptors (Lipinski definition) is 6. The van der Waals surface area contributed by atoms with Gasteiger partial charge in [-0.1, -0.05) is 312 Å². The molecular formula is C69H122O6. The second kappa shape index (κ2) is 63.4. The van der Waals surface area contributed by atoms with Gasteiger partial charge in [0.1, 0.15) is 13.2 Å². The van der Waals surface area contributed by atoms with Crippen molar-refractivity contribution in [3.05, 3.63) is 72.9 Å². The van der Waals surface area contributed by atoms with E-state index in [0.717, 1.165) is 96.3 Å². The fourth-order valence-corrected chi connectivity index (χ4v) is 9.39. The van der Waals surface area contributed by atoms with Crippen LogP contribution in [0, 0.1) is 0 Å². The van der Waals surface area contributed by atoms with Crippen LogP contribution in [-0.2, 0) is 28.6 Å².